The Morgan fingerprint density at radius 1 is 1.91 bits per heavy atom. The second-order valence-corrected chi connectivity index (χ2v) is 5.90. The van der Waals surface area contributed by atoms with Gasteiger partial charge >= 0.3 is 5.97 Å². The Kier molecular flexibility index (Phi) is 3.25. The van der Waals surface area contributed by atoms with Crippen molar-refractivity contribution in [1.82, 2.24) is 4.98 Å². The average molecular weight is 284 g/mol. The third-order valence-electron chi connectivity index (χ3n) is 1.00. The molecule has 0 aliphatic heterocycles. The van der Waals surface area contributed by atoms with E-state index in [-0.39, 0.29) is 13.6 Å². The van der Waals surface area contributed by atoms with E-state index in [1.165, 1.54) is 0 Å². The Hall–Kier alpha value is -0.170. The first kappa shape index (κ1) is 8.92. The van der Waals surface area contributed by atoms with Crippen LogP contribution in [0.3, 0.4) is 0 Å². The number of ether oxygens (including phenoxy) is 1. The number of carbonyl (C=O) groups is 1. The van der Waals surface area contributed by atoms with E-state index < -0.39 is 0 Å². The number of carbonyl (C=O) groups excluding carboxylic acids is 1. The fraction of sp³-hybridized carbons (Fsp3) is 0.333. The van der Waals surface area contributed by atoms with Crippen molar-refractivity contribution in [3.8, 4) is 0 Å². The fourth-order valence-corrected chi connectivity index (χ4v) is 2.29. The Bertz CT molecular complexity index is 261. The first-order valence-corrected chi connectivity index (χ1v) is 6.94. The summed E-state index contributed by atoms with van der Waals surface area (Å²) in [7, 11) is -0.0116. The molecule has 1 atom stereocenters. The van der Waals surface area contributed by atoms with Crippen molar-refractivity contribution in [2.24, 2.45) is 0 Å². The normalized spacial score (nSPS) is 11.3. The summed E-state index contributed by atoms with van der Waals surface area (Å²) in [5, 5.41) is 1.80. The van der Waals surface area contributed by atoms with Crippen molar-refractivity contribution in [3.63, 3.8) is 0 Å². The summed E-state index contributed by atoms with van der Waals surface area (Å²) in [5.41, 5.74) is 2.18. The lowest BCUT2D eigenvalue weighted by Crippen LogP contribution is -2.04. The van der Waals surface area contributed by atoms with E-state index in [0.29, 0.717) is 12.3 Å². The molecule has 0 radical (unpaired) electrons. The molecule has 5 heteroatoms. The summed E-state index contributed by atoms with van der Waals surface area (Å²) in [6.07, 6.45) is 0. The molecular formula is C6H7INO2S+. The number of rotatable bonds is 2. The molecular weight excluding hydrogens is 277 g/mol. The smallest absolute Gasteiger partial charge is 0.362 e. The van der Waals surface area contributed by atoms with Gasteiger partial charge in [-0.15, -0.1) is 0 Å². The van der Waals surface area contributed by atoms with Gasteiger partial charge in [0.2, 0.25) is 11.2 Å². The van der Waals surface area contributed by atoms with E-state index in [1.54, 1.807) is 17.8 Å². The van der Waals surface area contributed by atoms with Crippen molar-refractivity contribution in [1.29, 1.82) is 0 Å². The van der Waals surface area contributed by atoms with Crippen molar-refractivity contribution in [2.45, 2.75) is 6.92 Å². The SMILES string of the molecule is CCOC(=O)c1c[s+](I)cn1. The van der Waals surface area contributed by atoms with E-state index in [2.05, 4.69) is 26.2 Å². The lowest BCUT2D eigenvalue weighted by atomic mass is 10.5. The Morgan fingerprint density at radius 2 is 2.64 bits per heavy atom. The lowest BCUT2D eigenvalue weighted by molar-refractivity contribution is 0.0520. The van der Waals surface area contributed by atoms with Crippen LogP contribution in [0.15, 0.2) is 10.9 Å². The quantitative estimate of drug-likeness (QED) is 0.475. The van der Waals surface area contributed by atoms with Gasteiger partial charge in [-0.2, -0.15) is 4.98 Å². The number of esters is 1. The molecule has 0 bridgehead atoms. The topological polar surface area (TPSA) is 39.2 Å². The molecule has 0 aromatic carbocycles. The Morgan fingerprint density at radius 3 is 3.09 bits per heavy atom. The number of aromatic nitrogens is 1. The van der Waals surface area contributed by atoms with Gasteiger partial charge in [0.25, 0.3) is 21.2 Å². The zero-order valence-corrected chi connectivity index (χ0v) is 8.89. The van der Waals surface area contributed by atoms with Gasteiger partial charge in [0.05, 0.1) is 14.2 Å². The minimum atomic E-state index is -0.324. The summed E-state index contributed by atoms with van der Waals surface area (Å²) in [5.74, 6) is -0.324. The highest BCUT2D eigenvalue weighted by Gasteiger charge is 2.14. The molecule has 0 amide bonds. The maximum Gasteiger partial charge on any atom is 0.362 e. The molecule has 0 N–H and O–H groups in total. The zero-order valence-electron chi connectivity index (χ0n) is 5.91. The van der Waals surface area contributed by atoms with Crippen molar-refractivity contribution < 1.29 is 9.53 Å². The van der Waals surface area contributed by atoms with E-state index in [1.807, 2.05) is 0 Å². The number of halogens is 1. The van der Waals surface area contributed by atoms with Crippen LogP contribution in [-0.2, 0) is 4.74 Å². The minimum Gasteiger partial charge on any atom is -0.461 e. The Balaban J connectivity index is 2.69. The van der Waals surface area contributed by atoms with Crippen molar-refractivity contribution in [2.75, 3.05) is 6.61 Å². The third-order valence-corrected chi connectivity index (χ3v) is 3.20. The second kappa shape index (κ2) is 4.01. The van der Waals surface area contributed by atoms with Crippen LogP contribution in [0.1, 0.15) is 17.4 Å². The van der Waals surface area contributed by atoms with Crippen LogP contribution in [0.4, 0.5) is 0 Å². The molecule has 0 aliphatic rings. The molecule has 1 rings (SSSR count). The largest absolute Gasteiger partial charge is 0.461 e. The van der Waals surface area contributed by atoms with Crippen LogP contribution in [0.2, 0.25) is 0 Å². The Labute approximate surface area is 79.3 Å². The maximum absolute atomic E-state index is 11.0. The number of thiazole rings is 1. The first-order valence-electron chi connectivity index (χ1n) is 3.05. The average Bonchev–Trinajstić information content (AvgIpc) is 2.36. The van der Waals surface area contributed by atoms with E-state index in [9.17, 15) is 4.79 Å². The molecule has 1 aromatic rings. The van der Waals surface area contributed by atoms with E-state index >= 15 is 0 Å². The zero-order chi connectivity index (χ0) is 8.27. The molecule has 3 nitrogen and oxygen atoms in total. The predicted molar refractivity (Wildman–Crippen MR) is 52.1 cm³/mol. The van der Waals surface area contributed by atoms with Gasteiger partial charge in [-0.25, -0.2) is 4.79 Å². The molecule has 1 unspecified atom stereocenters. The molecule has 11 heavy (non-hydrogen) atoms. The molecule has 1 heterocycles. The number of hydrogen-bond donors (Lipinski definition) is 0. The number of nitrogens with zero attached hydrogens (tertiary/aromatic N) is 1. The minimum absolute atomic E-state index is 0.0116. The highest BCUT2D eigenvalue weighted by molar-refractivity contribution is 14.2. The van der Waals surface area contributed by atoms with Crippen LogP contribution in [0.25, 0.3) is 0 Å². The predicted octanol–water partition coefficient (Wildman–Crippen LogP) is 2.21. The van der Waals surface area contributed by atoms with Gasteiger partial charge in [-0.05, 0) is 6.92 Å². The monoisotopic (exact) mass is 284 g/mol. The summed E-state index contributed by atoms with van der Waals surface area (Å²) in [4.78, 5) is 14.9. The van der Waals surface area contributed by atoms with Crippen LogP contribution >= 0.6 is 28.8 Å². The van der Waals surface area contributed by atoms with Crippen LogP contribution in [-0.4, -0.2) is 17.6 Å². The molecule has 0 fully saturated rings. The van der Waals surface area contributed by atoms with Crippen LogP contribution in [0.5, 0.6) is 0 Å². The van der Waals surface area contributed by atoms with Crippen molar-refractivity contribution in [3.05, 3.63) is 16.6 Å². The standard InChI is InChI=1S/C6H7INO2S/c1-2-10-6(9)5-3-11(7)4-8-5/h3-4H,2H2,1H3/q+1. The molecule has 0 aliphatic carbocycles. The third kappa shape index (κ3) is 2.41. The molecule has 60 valence electrons. The summed E-state index contributed by atoms with van der Waals surface area (Å²) < 4.78 is 4.75. The fourth-order valence-electron chi connectivity index (χ4n) is 0.580. The van der Waals surface area contributed by atoms with Crippen molar-refractivity contribution >= 4 is 34.8 Å². The summed E-state index contributed by atoms with van der Waals surface area (Å²) in [6, 6.07) is 0. The van der Waals surface area contributed by atoms with Gasteiger partial charge in [0.15, 0.2) is 5.38 Å². The van der Waals surface area contributed by atoms with Gasteiger partial charge in [0, 0.05) is 0 Å². The second-order valence-electron chi connectivity index (χ2n) is 1.77. The van der Waals surface area contributed by atoms with Gasteiger partial charge in [0.1, 0.15) is 0 Å². The molecule has 0 saturated carbocycles. The van der Waals surface area contributed by atoms with Gasteiger partial charge < -0.3 is 4.74 Å². The highest BCUT2D eigenvalue weighted by atomic mass is 127. The number of hydrogen-bond acceptors (Lipinski definition) is 3. The molecule has 0 spiro atoms. The van der Waals surface area contributed by atoms with E-state index in [0.717, 1.165) is 0 Å². The first-order chi connectivity index (χ1) is 5.24. The highest BCUT2D eigenvalue weighted by Crippen LogP contribution is 2.25. The maximum atomic E-state index is 11.0. The van der Waals surface area contributed by atoms with E-state index in [4.69, 9.17) is 4.74 Å². The van der Waals surface area contributed by atoms with Crippen LogP contribution in [0, 0.1) is 0 Å². The summed E-state index contributed by atoms with van der Waals surface area (Å²) in [6.45, 7) is 2.18. The lowest BCUT2D eigenvalue weighted by Gasteiger charge is -1.93. The van der Waals surface area contributed by atoms with Gasteiger partial charge in [-0.1, -0.05) is 0 Å². The van der Waals surface area contributed by atoms with Gasteiger partial charge in [-0.3, -0.25) is 0 Å². The van der Waals surface area contributed by atoms with Crippen LogP contribution < -0.4 is 0 Å². The summed E-state index contributed by atoms with van der Waals surface area (Å²) >= 11 is 2.20. The molecule has 1 aromatic heterocycles. The molecule has 0 saturated heterocycles.